The van der Waals surface area contributed by atoms with Crippen LogP contribution in [0.25, 0.3) is 17.4 Å². The molecule has 0 unspecified atom stereocenters. The Kier molecular flexibility index (Phi) is 7.04. The van der Waals surface area contributed by atoms with Crippen LogP contribution >= 0.6 is 23.4 Å². The van der Waals surface area contributed by atoms with Gasteiger partial charge in [0.15, 0.2) is 0 Å². The summed E-state index contributed by atoms with van der Waals surface area (Å²) in [5.41, 5.74) is 0.944. The number of esters is 1. The summed E-state index contributed by atoms with van der Waals surface area (Å²) >= 11 is 6.64. The molecule has 0 bridgehead atoms. The maximum absolute atomic E-state index is 13.1. The highest BCUT2D eigenvalue weighted by Crippen LogP contribution is 2.33. The molecule has 2 heterocycles. The lowest BCUT2D eigenvalue weighted by molar-refractivity contribution is -0.127. The minimum Gasteiger partial charge on any atom is -0.465 e. The van der Waals surface area contributed by atoms with Gasteiger partial charge in [0.05, 0.1) is 22.6 Å². The predicted molar refractivity (Wildman–Crippen MR) is 128 cm³/mol. The first kappa shape index (κ1) is 24.2. The molecule has 0 saturated carbocycles. The molecule has 1 N–H and O–H groups in total. The summed E-state index contributed by atoms with van der Waals surface area (Å²) in [5, 5.41) is 2.05. The monoisotopic (exact) mass is 514 g/mol. The third-order valence-corrected chi connectivity index (χ3v) is 6.10. The summed E-state index contributed by atoms with van der Waals surface area (Å²) in [5.74, 6) is -1.58. The maximum atomic E-state index is 13.1. The van der Waals surface area contributed by atoms with E-state index in [1.165, 1.54) is 43.5 Å². The van der Waals surface area contributed by atoms with Gasteiger partial charge in [-0.3, -0.25) is 19.3 Å². The second-order valence-corrected chi connectivity index (χ2v) is 8.61. The van der Waals surface area contributed by atoms with Crippen molar-refractivity contribution in [1.82, 2.24) is 4.90 Å². The Bertz CT molecular complexity index is 1370. The lowest BCUT2D eigenvalue weighted by Gasteiger charge is -2.13. The lowest BCUT2D eigenvalue weighted by atomic mass is 10.2. The first-order valence-corrected chi connectivity index (χ1v) is 11.2. The van der Waals surface area contributed by atoms with E-state index in [0.717, 1.165) is 4.90 Å². The van der Waals surface area contributed by atoms with Crippen molar-refractivity contribution in [2.24, 2.45) is 0 Å². The number of imide groups is 1. The summed E-state index contributed by atoms with van der Waals surface area (Å²) in [6.07, 6.45) is 1.40. The number of ether oxygens (including phenoxy) is 1. The molecule has 8 nitrogen and oxygen atoms in total. The quantitative estimate of drug-likeness (QED) is 0.356. The first-order chi connectivity index (χ1) is 16.7. The molecule has 2 aromatic carbocycles. The molecular weight excluding hydrogens is 499 g/mol. The number of thioether (sulfide) groups is 1. The predicted octanol–water partition coefficient (Wildman–Crippen LogP) is 5.20. The zero-order valence-electron chi connectivity index (χ0n) is 18.0. The standard InChI is InChI=1S/C24H16ClFN2O6S/c1-33-23(31)17-10-15(6-8-18(17)25)27-21(29)12-28-22(30)20(35-24(28)32)11-16-7-9-19(34-16)13-2-4-14(26)5-3-13/h2-11H,12H2,1H3,(H,27,29)/b20-11-. The Balaban J connectivity index is 1.44. The van der Waals surface area contributed by atoms with Crippen LogP contribution in [-0.2, 0) is 14.3 Å². The van der Waals surface area contributed by atoms with E-state index in [4.69, 9.17) is 16.0 Å². The van der Waals surface area contributed by atoms with E-state index in [1.54, 1.807) is 24.3 Å². The molecule has 3 amide bonds. The van der Waals surface area contributed by atoms with Crippen LogP contribution in [0.4, 0.5) is 14.9 Å². The van der Waals surface area contributed by atoms with Crippen LogP contribution in [0.5, 0.6) is 0 Å². The number of hydrogen-bond acceptors (Lipinski definition) is 7. The van der Waals surface area contributed by atoms with Crippen molar-refractivity contribution in [3.05, 3.63) is 81.7 Å². The first-order valence-electron chi connectivity index (χ1n) is 10.0. The Labute approximate surface area is 207 Å². The molecule has 4 rings (SSSR count). The fourth-order valence-corrected chi connectivity index (χ4v) is 4.19. The minimum absolute atomic E-state index is 0.0551. The van der Waals surface area contributed by atoms with Gasteiger partial charge >= 0.3 is 5.97 Å². The number of rotatable bonds is 6. The molecule has 3 aromatic rings. The molecule has 1 aliphatic heterocycles. The van der Waals surface area contributed by atoms with Crippen LogP contribution in [0.1, 0.15) is 16.1 Å². The number of carbonyl (C=O) groups is 4. The van der Waals surface area contributed by atoms with Gasteiger partial charge in [-0.1, -0.05) is 11.6 Å². The van der Waals surface area contributed by atoms with E-state index >= 15 is 0 Å². The van der Waals surface area contributed by atoms with Gasteiger partial charge in [0.25, 0.3) is 11.1 Å². The summed E-state index contributed by atoms with van der Waals surface area (Å²) in [6, 6.07) is 13.2. The fraction of sp³-hybridized carbons (Fsp3) is 0.0833. The highest BCUT2D eigenvalue weighted by molar-refractivity contribution is 8.18. The molecular formula is C24H16ClFN2O6S. The highest BCUT2D eigenvalue weighted by atomic mass is 35.5. The molecule has 0 aliphatic carbocycles. The van der Waals surface area contributed by atoms with Crippen LogP contribution in [0, 0.1) is 5.82 Å². The van der Waals surface area contributed by atoms with E-state index < -0.39 is 29.6 Å². The third kappa shape index (κ3) is 5.44. The van der Waals surface area contributed by atoms with Gasteiger partial charge in [-0.05, 0) is 66.4 Å². The summed E-state index contributed by atoms with van der Waals surface area (Å²) in [7, 11) is 1.20. The highest BCUT2D eigenvalue weighted by Gasteiger charge is 2.36. The topological polar surface area (TPSA) is 106 Å². The van der Waals surface area contributed by atoms with Crippen LogP contribution in [0.3, 0.4) is 0 Å². The van der Waals surface area contributed by atoms with Crippen LogP contribution < -0.4 is 5.32 Å². The molecule has 1 saturated heterocycles. The van der Waals surface area contributed by atoms with Crippen molar-refractivity contribution < 1.29 is 32.7 Å². The molecule has 0 spiro atoms. The zero-order chi connectivity index (χ0) is 25.1. The van der Waals surface area contributed by atoms with E-state index in [9.17, 15) is 23.6 Å². The number of benzene rings is 2. The molecule has 1 fully saturated rings. The van der Waals surface area contributed by atoms with Crippen molar-refractivity contribution in [3.8, 4) is 11.3 Å². The third-order valence-electron chi connectivity index (χ3n) is 4.86. The summed E-state index contributed by atoms with van der Waals surface area (Å²) in [4.78, 5) is 50.2. The summed E-state index contributed by atoms with van der Waals surface area (Å²) < 4.78 is 23.4. The van der Waals surface area contributed by atoms with Crippen LogP contribution in [-0.4, -0.2) is 41.6 Å². The van der Waals surface area contributed by atoms with Crippen molar-refractivity contribution in [1.29, 1.82) is 0 Å². The Morgan fingerprint density at radius 1 is 1.14 bits per heavy atom. The van der Waals surface area contributed by atoms with Gasteiger partial charge in [-0.25, -0.2) is 9.18 Å². The average molecular weight is 515 g/mol. The molecule has 0 atom stereocenters. The normalized spacial score (nSPS) is 14.5. The fourth-order valence-electron chi connectivity index (χ4n) is 3.18. The van der Waals surface area contributed by atoms with Crippen molar-refractivity contribution in [3.63, 3.8) is 0 Å². The minimum atomic E-state index is -0.678. The number of nitrogens with one attached hydrogen (secondary N) is 1. The number of amides is 3. The Hall–Kier alpha value is -3.89. The molecule has 35 heavy (non-hydrogen) atoms. The second kappa shape index (κ2) is 10.2. The van der Waals surface area contributed by atoms with Gasteiger partial charge in [-0.2, -0.15) is 0 Å². The van der Waals surface area contributed by atoms with Crippen LogP contribution in [0.2, 0.25) is 5.02 Å². The van der Waals surface area contributed by atoms with Crippen LogP contribution in [0.15, 0.2) is 63.9 Å². The van der Waals surface area contributed by atoms with E-state index in [0.29, 0.717) is 28.8 Å². The maximum Gasteiger partial charge on any atom is 0.339 e. The van der Waals surface area contributed by atoms with E-state index in [1.807, 2.05) is 0 Å². The smallest absolute Gasteiger partial charge is 0.339 e. The largest absolute Gasteiger partial charge is 0.465 e. The second-order valence-electron chi connectivity index (χ2n) is 7.21. The number of nitrogens with zero attached hydrogens (tertiary/aromatic N) is 1. The van der Waals surface area contributed by atoms with Gasteiger partial charge in [0.2, 0.25) is 5.91 Å². The SMILES string of the molecule is COC(=O)c1cc(NC(=O)CN2C(=O)S/C(=C\c3ccc(-c4ccc(F)cc4)o3)C2=O)ccc1Cl. The van der Waals surface area contributed by atoms with E-state index in [-0.39, 0.29) is 27.0 Å². The van der Waals surface area contributed by atoms with Crippen molar-refractivity contribution >= 4 is 58.1 Å². The number of methoxy groups -OCH3 is 1. The number of anilines is 1. The zero-order valence-corrected chi connectivity index (χ0v) is 19.6. The van der Waals surface area contributed by atoms with Gasteiger partial charge in [0.1, 0.15) is 23.9 Å². The number of halogens is 2. The molecule has 0 radical (unpaired) electrons. The summed E-state index contributed by atoms with van der Waals surface area (Å²) in [6.45, 7) is -0.531. The van der Waals surface area contributed by atoms with Gasteiger partial charge in [0, 0.05) is 17.3 Å². The van der Waals surface area contributed by atoms with E-state index in [2.05, 4.69) is 10.1 Å². The number of furan rings is 1. The molecule has 1 aromatic heterocycles. The Morgan fingerprint density at radius 2 is 1.89 bits per heavy atom. The van der Waals surface area contributed by atoms with Crippen molar-refractivity contribution in [2.75, 3.05) is 19.0 Å². The number of carbonyl (C=O) groups excluding carboxylic acids is 4. The van der Waals surface area contributed by atoms with Gasteiger partial charge in [-0.15, -0.1) is 0 Å². The van der Waals surface area contributed by atoms with Gasteiger partial charge < -0.3 is 14.5 Å². The number of hydrogen-bond donors (Lipinski definition) is 1. The molecule has 178 valence electrons. The Morgan fingerprint density at radius 3 is 2.60 bits per heavy atom. The average Bonchev–Trinajstić information content (AvgIpc) is 3.40. The molecule has 11 heteroatoms. The lowest BCUT2D eigenvalue weighted by Crippen LogP contribution is -2.36. The molecule has 1 aliphatic rings. The van der Waals surface area contributed by atoms with Crippen molar-refractivity contribution in [2.45, 2.75) is 0 Å².